The van der Waals surface area contributed by atoms with Crippen LogP contribution in [-0.4, -0.2) is 22.2 Å². The van der Waals surface area contributed by atoms with Gasteiger partial charge in [0.2, 0.25) is 5.95 Å². The van der Waals surface area contributed by atoms with Crippen LogP contribution < -0.4 is 10.1 Å². The number of terminal acetylenes is 1. The molecule has 0 radical (unpaired) electrons. The molecule has 0 fully saturated rings. The van der Waals surface area contributed by atoms with Crippen LogP contribution in [0.5, 0.6) is 11.5 Å². The molecule has 0 unspecified atom stereocenters. The van der Waals surface area contributed by atoms with Gasteiger partial charge < -0.3 is 15.2 Å². The van der Waals surface area contributed by atoms with Gasteiger partial charge in [0.05, 0.1) is 7.11 Å². The Morgan fingerprint density at radius 2 is 2.14 bits per heavy atom. The van der Waals surface area contributed by atoms with Crippen molar-refractivity contribution in [2.24, 2.45) is 0 Å². The van der Waals surface area contributed by atoms with Gasteiger partial charge in [-0.1, -0.05) is 12.0 Å². The molecule has 5 nitrogen and oxygen atoms in total. The van der Waals surface area contributed by atoms with Crippen molar-refractivity contribution >= 4 is 22.5 Å². The molecule has 2 N–H and O–H groups in total. The third-order valence-corrected chi connectivity index (χ3v) is 3.14. The number of rotatable bonds is 3. The summed E-state index contributed by atoms with van der Waals surface area (Å²) >= 11 is 0. The topological polar surface area (TPSA) is 67.3 Å². The number of benzene rings is 2. The van der Waals surface area contributed by atoms with Crippen molar-refractivity contribution in [1.82, 2.24) is 9.97 Å². The van der Waals surface area contributed by atoms with Crippen molar-refractivity contribution < 1.29 is 9.84 Å². The number of nitrogens with one attached hydrogen (secondary N) is 1. The van der Waals surface area contributed by atoms with Gasteiger partial charge in [0.1, 0.15) is 17.0 Å². The number of nitrogens with zero attached hydrogens (tertiary/aromatic N) is 2. The number of fused-ring (bicyclic) bond motifs is 1. The Kier molecular flexibility index (Phi) is 3.50. The van der Waals surface area contributed by atoms with Crippen molar-refractivity contribution in [3.05, 3.63) is 48.2 Å². The Hall–Kier alpha value is -3.26. The van der Waals surface area contributed by atoms with E-state index in [4.69, 9.17) is 11.2 Å². The predicted molar refractivity (Wildman–Crippen MR) is 85.4 cm³/mol. The fourth-order valence-electron chi connectivity index (χ4n) is 2.12. The molecule has 0 saturated carbocycles. The molecule has 3 aromatic rings. The maximum absolute atomic E-state index is 9.48. The zero-order valence-electron chi connectivity index (χ0n) is 11.9. The summed E-state index contributed by atoms with van der Waals surface area (Å²) in [6, 6.07) is 10.3. The number of hydrogen-bond acceptors (Lipinski definition) is 5. The van der Waals surface area contributed by atoms with Gasteiger partial charge in [-0.15, -0.1) is 6.42 Å². The molecular weight excluding hydrogens is 278 g/mol. The number of aromatic nitrogens is 2. The van der Waals surface area contributed by atoms with Gasteiger partial charge in [0.25, 0.3) is 0 Å². The highest BCUT2D eigenvalue weighted by Crippen LogP contribution is 2.27. The van der Waals surface area contributed by atoms with Crippen LogP contribution in [0.15, 0.2) is 42.6 Å². The van der Waals surface area contributed by atoms with Gasteiger partial charge in [-0.3, -0.25) is 0 Å². The SMILES string of the molecule is C#Cc1cc(OC)c2nc(Nc3cccc(O)c3)ncc2c1. The van der Waals surface area contributed by atoms with Crippen LogP contribution in [0.25, 0.3) is 10.9 Å². The number of anilines is 2. The lowest BCUT2D eigenvalue weighted by Gasteiger charge is -2.09. The van der Waals surface area contributed by atoms with E-state index in [0.717, 1.165) is 5.39 Å². The van der Waals surface area contributed by atoms with E-state index in [1.54, 1.807) is 37.6 Å². The van der Waals surface area contributed by atoms with Crippen LogP contribution in [-0.2, 0) is 0 Å². The van der Waals surface area contributed by atoms with Crippen LogP contribution in [0, 0.1) is 12.3 Å². The number of aromatic hydroxyl groups is 1. The molecule has 0 aliphatic rings. The highest BCUT2D eigenvalue weighted by Gasteiger charge is 2.08. The second kappa shape index (κ2) is 5.62. The van der Waals surface area contributed by atoms with E-state index in [9.17, 15) is 5.11 Å². The second-order valence-corrected chi connectivity index (χ2v) is 4.63. The average molecular weight is 291 g/mol. The Morgan fingerprint density at radius 3 is 2.86 bits per heavy atom. The summed E-state index contributed by atoms with van der Waals surface area (Å²) in [5.74, 6) is 3.74. The first-order valence-corrected chi connectivity index (χ1v) is 6.57. The molecule has 0 aliphatic heterocycles. The van der Waals surface area contributed by atoms with Crippen LogP contribution in [0.4, 0.5) is 11.6 Å². The minimum atomic E-state index is 0.169. The standard InChI is InChI=1S/C17H13N3O2/c1-3-11-7-12-10-18-17(20-16(12)15(8-11)22-2)19-13-5-4-6-14(21)9-13/h1,4-10,21H,2H3,(H,18,19,20). The third kappa shape index (κ3) is 2.63. The van der Waals surface area contributed by atoms with Crippen LogP contribution in [0.3, 0.4) is 0 Å². The average Bonchev–Trinajstić information content (AvgIpc) is 2.54. The van der Waals surface area contributed by atoms with Crippen molar-refractivity contribution in [2.75, 3.05) is 12.4 Å². The molecule has 108 valence electrons. The zero-order chi connectivity index (χ0) is 15.5. The first kappa shape index (κ1) is 13.7. The van der Waals surface area contributed by atoms with Gasteiger partial charge in [-0.25, -0.2) is 9.97 Å². The maximum atomic E-state index is 9.48. The quantitative estimate of drug-likeness (QED) is 0.726. The van der Waals surface area contributed by atoms with Gasteiger partial charge in [-0.2, -0.15) is 0 Å². The van der Waals surface area contributed by atoms with Crippen molar-refractivity contribution in [3.63, 3.8) is 0 Å². The Balaban J connectivity index is 2.04. The lowest BCUT2D eigenvalue weighted by Crippen LogP contribution is -1.98. The lowest BCUT2D eigenvalue weighted by atomic mass is 10.1. The largest absolute Gasteiger partial charge is 0.508 e. The van der Waals surface area contributed by atoms with E-state index >= 15 is 0 Å². The summed E-state index contributed by atoms with van der Waals surface area (Å²) in [5.41, 5.74) is 2.07. The summed E-state index contributed by atoms with van der Waals surface area (Å²) in [6.45, 7) is 0. The normalized spacial score (nSPS) is 10.2. The van der Waals surface area contributed by atoms with E-state index in [-0.39, 0.29) is 5.75 Å². The molecule has 3 rings (SSSR count). The fraction of sp³-hybridized carbons (Fsp3) is 0.0588. The number of ether oxygens (including phenoxy) is 1. The first-order chi connectivity index (χ1) is 10.7. The number of phenolic OH excluding ortho intramolecular Hbond substituents is 1. The molecule has 5 heteroatoms. The zero-order valence-corrected chi connectivity index (χ0v) is 11.9. The van der Waals surface area contributed by atoms with E-state index in [0.29, 0.717) is 28.5 Å². The second-order valence-electron chi connectivity index (χ2n) is 4.63. The number of methoxy groups -OCH3 is 1. The number of hydrogen-bond donors (Lipinski definition) is 2. The molecule has 0 atom stereocenters. The third-order valence-electron chi connectivity index (χ3n) is 3.14. The van der Waals surface area contributed by atoms with Gasteiger partial charge >= 0.3 is 0 Å². The van der Waals surface area contributed by atoms with Gasteiger partial charge in [0, 0.05) is 28.9 Å². The van der Waals surface area contributed by atoms with E-state index in [2.05, 4.69) is 21.2 Å². The van der Waals surface area contributed by atoms with E-state index in [1.165, 1.54) is 0 Å². The van der Waals surface area contributed by atoms with Crippen molar-refractivity contribution in [2.45, 2.75) is 0 Å². The molecule has 0 aliphatic carbocycles. The van der Waals surface area contributed by atoms with Crippen LogP contribution in [0.2, 0.25) is 0 Å². The summed E-state index contributed by atoms with van der Waals surface area (Å²) in [6.07, 6.45) is 7.11. The highest BCUT2D eigenvalue weighted by atomic mass is 16.5. The Bertz CT molecular complexity index is 885. The number of phenols is 1. The van der Waals surface area contributed by atoms with Gasteiger partial charge in [0.15, 0.2) is 0 Å². The van der Waals surface area contributed by atoms with Gasteiger partial charge in [-0.05, 0) is 24.3 Å². The Labute approximate surface area is 127 Å². The molecule has 0 saturated heterocycles. The molecule has 1 aromatic heterocycles. The molecule has 2 aromatic carbocycles. The first-order valence-electron chi connectivity index (χ1n) is 6.57. The monoisotopic (exact) mass is 291 g/mol. The van der Waals surface area contributed by atoms with Crippen LogP contribution in [0.1, 0.15) is 5.56 Å². The molecule has 22 heavy (non-hydrogen) atoms. The lowest BCUT2D eigenvalue weighted by molar-refractivity contribution is 0.419. The van der Waals surface area contributed by atoms with Crippen LogP contribution >= 0.6 is 0 Å². The van der Waals surface area contributed by atoms with E-state index in [1.807, 2.05) is 12.1 Å². The maximum Gasteiger partial charge on any atom is 0.227 e. The fourth-order valence-corrected chi connectivity index (χ4v) is 2.12. The molecule has 0 amide bonds. The van der Waals surface area contributed by atoms with Crippen molar-refractivity contribution in [3.8, 4) is 23.8 Å². The summed E-state index contributed by atoms with van der Waals surface area (Å²) in [4.78, 5) is 8.70. The highest BCUT2D eigenvalue weighted by molar-refractivity contribution is 5.86. The minimum absolute atomic E-state index is 0.169. The van der Waals surface area contributed by atoms with Crippen molar-refractivity contribution in [1.29, 1.82) is 0 Å². The molecule has 1 heterocycles. The Morgan fingerprint density at radius 1 is 1.27 bits per heavy atom. The summed E-state index contributed by atoms with van der Waals surface area (Å²) in [5, 5.41) is 13.3. The molecular formula is C17H13N3O2. The minimum Gasteiger partial charge on any atom is -0.508 e. The van der Waals surface area contributed by atoms with E-state index < -0.39 is 0 Å². The summed E-state index contributed by atoms with van der Waals surface area (Å²) in [7, 11) is 1.57. The molecule has 0 bridgehead atoms. The predicted octanol–water partition coefficient (Wildman–Crippen LogP) is 3.07. The summed E-state index contributed by atoms with van der Waals surface area (Å²) < 4.78 is 5.34. The smallest absolute Gasteiger partial charge is 0.227 e. The molecule has 0 spiro atoms.